The monoisotopic (exact) mass is 198 g/mol. The van der Waals surface area contributed by atoms with Crippen molar-refractivity contribution in [1.29, 1.82) is 10.8 Å². The number of rotatable bonds is 2. The lowest BCUT2D eigenvalue weighted by Crippen LogP contribution is -2.19. The third-order valence-electron chi connectivity index (χ3n) is 2.77. The summed E-state index contributed by atoms with van der Waals surface area (Å²) in [5.41, 5.74) is 1.29. The fourth-order valence-electron chi connectivity index (χ4n) is 1.85. The molecule has 0 amide bonds. The summed E-state index contributed by atoms with van der Waals surface area (Å²) in [6, 6.07) is 0. The molecule has 0 aliphatic heterocycles. The molecule has 2 unspecified atom stereocenters. The van der Waals surface area contributed by atoms with Crippen LogP contribution in [0.25, 0.3) is 0 Å². The van der Waals surface area contributed by atoms with Gasteiger partial charge in [0.05, 0.1) is 0 Å². The van der Waals surface area contributed by atoms with Crippen molar-refractivity contribution in [3.8, 4) is 0 Å². The summed E-state index contributed by atoms with van der Waals surface area (Å²) >= 11 is 0. The molecule has 0 bridgehead atoms. The van der Waals surface area contributed by atoms with Gasteiger partial charge in [0, 0.05) is 23.3 Å². The first-order valence-corrected chi connectivity index (χ1v) is 5.14. The van der Waals surface area contributed by atoms with Gasteiger partial charge in [0.2, 0.25) is 0 Å². The van der Waals surface area contributed by atoms with Crippen molar-refractivity contribution in [3.05, 3.63) is 48.6 Å². The zero-order valence-corrected chi connectivity index (χ0v) is 8.48. The van der Waals surface area contributed by atoms with Crippen LogP contribution in [0.3, 0.4) is 0 Å². The Morgan fingerprint density at radius 1 is 0.800 bits per heavy atom. The van der Waals surface area contributed by atoms with Crippen LogP contribution in [-0.2, 0) is 0 Å². The number of allylic oxidation sites excluding steroid dienone is 8. The van der Waals surface area contributed by atoms with Crippen LogP contribution in [0.4, 0.5) is 0 Å². The van der Waals surface area contributed by atoms with Gasteiger partial charge in [-0.15, -0.1) is 0 Å². The summed E-state index contributed by atoms with van der Waals surface area (Å²) in [6.45, 7) is 0. The van der Waals surface area contributed by atoms with E-state index in [2.05, 4.69) is 0 Å². The van der Waals surface area contributed by atoms with E-state index in [0.29, 0.717) is 11.4 Å². The SMILES string of the molecule is N=C1C=CC=CC1CC1C=CC=CC1=N. The van der Waals surface area contributed by atoms with Crippen molar-refractivity contribution in [1.82, 2.24) is 0 Å². The molecule has 2 nitrogen and oxygen atoms in total. The fraction of sp³-hybridized carbons (Fsp3) is 0.231. The van der Waals surface area contributed by atoms with Gasteiger partial charge in [0.1, 0.15) is 0 Å². The van der Waals surface area contributed by atoms with Gasteiger partial charge in [-0.05, 0) is 18.6 Å². The van der Waals surface area contributed by atoms with E-state index in [4.69, 9.17) is 10.8 Å². The van der Waals surface area contributed by atoms with Crippen molar-refractivity contribution in [2.24, 2.45) is 11.8 Å². The van der Waals surface area contributed by atoms with Gasteiger partial charge in [0.25, 0.3) is 0 Å². The maximum atomic E-state index is 7.78. The molecule has 76 valence electrons. The Balaban J connectivity index is 2.03. The average Bonchev–Trinajstić information content (AvgIpc) is 2.24. The minimum atomic E-state index is 0.163. The van der Waals surface area contributed by atoms with Crippen molar-refractivity contribution >= 4 is 11.4 Å². The molecule has 2 heteroatoms. The van der Waals surface area contributed by atoms with E-state index >= 15 is 0 Å². The van der Waals surface area contributed by atoms with Gasteiger partial charge < -0.3 is 10.8 Å². The average molecular weight is 198 g/mol. The lowest BCUT2D eigenvalue weighted by Gasteiger charge is -2.20. The Morgan fingerprint density at radius 2 is 1.27 bits per heavy atom. The zero-order chi connectivity index (χ0) is 10.7. The molecule has 0 saturated carbocycles. The van der Waals surface area contributed by atoms with Crippen LogP contribution >= 0.6 is 0 Å². The molecule has 0 fully saturated rings. The van der Waals surface area contributed by atoms with Crippen LogP contribution < -0.4 is 0 Å². The Kier molecular flexibility index (Phi) is 2.77. The fourth-order valence-corrected chi connectivity index (χ4v) is 1.85. The maximum absolute atomic E-state index is 7.78. The van der Waals surface area contributed by atoms with Crippen LogP contribution in [0.2, 0.25) is 0 Å². The zero-order valence-electron chi connectivity index (χ0n) is 8.48. The molecule has 0 heterocycles. The van der Waals surface area contributed by atoms with E-state index in [1.807, 2.05) is 48.6 Å². The van der Waals surface area contributed by atoms with E-state index in [1.54, 1.807) is 0 Å². The van der Waals surface area contributed by atoms with Crippen LogP contribution in [0.15, 0.2) is 48.6 Å². The molecular formula is C13H14N2. The molecule has 2 aliphatic rings. The first-order chi connectivity index (χ1) is 7.27. The molecule has 15 heavy (non-hydrogen) atoms. The second-order valence-corrected chi connectivity index (χ2v) is 3.85. The number of hydrogen-bond donors (Lipinski definition) is 2. The predicted molar refractivity (Wildman–Crippen MR) is 63.6 cm³/mol. The first kappa shape index (κ1) is 9.84. The minimum Gasteiger partial charge on any atom is -0.305 e. The van der Waals surface area contributed by atoms with Crippen LogP contribution in [0, 0.1) is 22.7 Å². The first-order valence-electron chi connectivity index (χ1n) is 5.14. The molecule has 2 rings (SSSR count). The Labute approximate surface area is 89.7 Å². The lowest BCUT2D eigenvalue weighted by atomic mass is 9.84. The highest BCUT2D eigenvalue weighted by molar-refractivity contribution is 5.99. The number of hydrogen-bond acceptors (Lipinski definition) is 2. The van der Waals surface area contributed by atoms with Crippen molar-refractivity contribution in [3.63, 3.8) is 0 Å². The molecule has 0 radical (unpaired) electrons. The third-order valence-corrected chi connectivity index (χ3v) is 2.77. The maximum Gasteiger partial charge on any atom is 0.0382 e. The normalized spacial score (nSPS) is 28.8. The topological polar surface area (TPSA) is 47.7 Å². The van der Waals surface area contributed by atoms with Crippen LogP contribution in [0.5, 0.6) is 0 Å². The Bertz CT molecular complexity index is 359. The van der Waals surface area contributed by atoms with Crippen molar-refractivity contribution in [2.75, 3.05) is 0 Å². The lowest BCUT2D eigenvalue weighted by molar-refractivity contribution is 0.672. The standard InChI is InChI=1S/C13H14N2/c14-12-7-3-1-5-10(12)9-11-6-2-4-8-13(11)15/h1-8,10-11,14-15H,9H2. The molecule has 0 saturated heterocycles. The molecule has 0 aromatic carbocycles. The van der Waals surface area contributed by atoms with E-state index in [1.165, 1.54) is 0 Å². The Hall–Kier alpha value is -1.70. The summed E-state index contributed by atoms with van der Waals surface area (Å²) in [6.07, 6.45) is 16.3. The third kappa shape index (κ3) is 2.21. The van der Waals surface area contributed by atoms with Gasteiger partial charge in [-0.1, -0.05) is 36.5 Å². The van der Waals surface area contributed by atoms with Gasteiger partial charge in [-0.25, -0.2) is 0 Å². The summed E-state index contributed by atoms with van der Waals surface area (Å²) in [5.74, 6) is 0.327. The van der Waals surface area contributed by atoms with Gasteiger partial charge in [0.15, 0.2) is 0 Å². The molecular weight excluding hydrogens is 184 g/mol. The van der Waals surface area contributed by atoms with Gasteiger partial charge >= 0.3 is 0 Å². The second kappa shape index (κ2) is 4.22. The predicted octanol–water partition coefficient (Wildman–Crippen LogP) is 2.90. The van der Waals surface area contributed by atoms with Crippen molar-refractivity contribution in [2.45, 2.75) is 6.42 Å². The van der Waals surface area contributed by atoms with Gasteiger partial charge in [-0.2, -0.15) is 0 Å². The van der Waals surface area contributed by atoms with E-state index in [-0.39, 0.29) is 11.8 Å². The molecule has 0 aromatic rings. The molecule has 2 aliphatic carbocycles. The van der Waals surface area contributed by atoms with E-state index in [0.717, 1.165) is 6.42 Å². The highest BCUT2D eigenvalue weighted by Crippen LogP contribution is 2.22. The smallest absolute Gasteiger partial charge is 0.0382 e. The quantitative estimate of drug-likeness (QED) is 0.685. The van der Waals surface area contributed by atoms with Crippen molar-refractivity contribution < 1.29 is 0 Å². The largest absolute Gasteiger partial charge is 0.305 e. The van der Waals surface area contributed by atoms with E-state index in [9.17, 15) is 0 Å². The summed E-state index contributed by atoms with van der Waals surface area (Å²) < 4.78 is 0. The summed E-state index contributed by atoms with van der Waals surface area (Å²) in [4.78, 5) is 0. The highest BCUT2D eigenvalue weighted by Gasteiger charge is 2.19. The second-order valence-electron chi connectivity index (χ2n) is 3.85. The molecule has 2 N–H and O–H groups in total. The minimum absolute atomic E-state index is 0.163. The Morgan fingerprint density at radius 3 is 1.67 bits per heavy atom. The van der Waals surface area contributed by atoms with E-state index < -0.39 is 0 Å². The van der Waals surface area contributed by atoms with Crippen LogP contribution in [-0.4, -0.2) is 11.4 Å². The molecule has 0 aromatic heterocycles. The molecule has 2 atom stereocenters. The van der Waals surface area contributed by atoms with Gasteiger partial charge in [-0.3, -0.25) is 0 Å². The van der Waals surface area contributed by atoms with Crippen LogP contribution in [0.1, 0.15) is 6.42 Å². The highest BCUT2D eigenvalue weighted by atomic mass is 14.5. The number of nitrogens with one attached hydrogen (secondary N) is 2. The summed E-state index contributed by atoms with van der Waals surface area (Å²) in [7, 11) is 0. The summed E-state index contributed by atoms with van der Waals surface area (Å²) in [5, 5.41) is 15.6. The molecule has 0 spiro atoms.